The molecule has 0 unspecified atom stereocenters. The summed E-state index contributed by atoms with van der Waals surface area (Å²) < 4.78 is 1.64. The average Bonchev–Trinajstić information content (AvgIpc) is 3.39. The van der Waals surface area contributed by atoms with E-state index in [-0.39, 0.29) is 10.7 Å². The molecule has 9 heteroatoms. The Bertz CT molecular complexity index is 828. The van der Waals surface area contributed by atoms with Crippen molar-refractivity contribution >= 4 is 28.4 Å². The molecule has 170 valence electrons. The van der Waals surface area contributed by atoms with Crippen LogP contribution in [0.4, 0.5) is 21.0 Å². The molecule has 0 saturated heterocycles. The van der Waals surface area contributed by atoms with Gasteiger partial charge in [-0.3, -0.25) is 9.80 Å². The molecule has 30 heavy (non-hydrogen) atoms. The van der Waals surface area contributed by atoms with Gasteiger partial charge < -0.3 is 16.4 Å². The number of carbonyl (C=O) groups excluding carboxylic acids is 1. The Balaban J connectivity index is 0. The number of anilines is 2. The molecule has 3 aromatic rings. The van der Waals surface area contributed by atoms with Crippen molar-refractivity contribution in [1.82, 2.24) is 25.3 Å². The molecule has 1 aromatic carbocycles. The first-order chi connectivity index (χ1) is 14.1. The number of amides is 2. The van der Waals surface area contributed by atoms with Crippen LogP contribution in [0.1, 0.15) is 60.8 Å². The number of unbranched alkanes of at least 4 members (excludes halogenated alkanes) is 2. The summed E-state index contributed by atoms with van der Waals surface area (Å²) in [6.07, 6.45) is 7.34. The molecule has 0 fully saturated rings. The molecule has 3 rings (SSSR count). The number of aromatic nitrogens is 4. The number of nitrogens with two attached hydrogens (primary N) is 1. The van der Waals surface area contributed by atoms with Crippen LogP contribution in [-0.2, 0) is 0 Å². The Morgan fingerprint density at radius 1 is 1.17 bits per heavy atom. The highest BCUT2D eigenvalue weighted by atomic mass is 19.0. The number of carbonyl (C=O) groups is 1. The average molecular weight is 424 g/mol. The fourth-order valence-electron chi connectivity index (χ4n) is 2.34. The van der Waals surface area contributed by atoms with E-state index >= 15 is 0 Å². The third kappa shape index (κ3) is 8.50. The Morgan fingerprint density at radius 2 is 1.80 bits per heavy atom. The van der Waals surface area contributed by atoms with Crippen molar-refractivity contribution in [2.45, 2.75) is 60.8 Å². The van der Waals surface area contributed by atoms with Crippen LogP contribution in [0, 0.1) is 0 Å². The standard InChI is InChI=1S/C12H13N7O.C5H12.2C2H6.FH/c1-14-12(20)16-7-5-15-19(6-7)9-4-2-3-8-10(9)11(13)18-17-8;1-3-5-4-2;2*1-2;/h2-6H,1H3,(H3,13,17,18)(H2,14,16,20);3-5H2,1-2H3;2*1-2H3;1H. The minimum Gasteiger partial charge on any atom is -0.382 e. The lowest BCUT2D eigenvalue weighted by atomic mass is 10.2. The first kappa shape index (κ1) is 29.1. The lowest BCUT2D eigenvalue weighted by Gasteiger charge is -2.03. The zero-order valence-corrected chi connectivity index (χ0v) is 19.2. The van der Waals surface area contributed by atoms with Gasteiger partial charge >= 0.3 is 6.03 Å². The third-order valence-corrected chi connectivity index (χ3v) is 3.62. The van der Waals surface area contributed by atoms with Gasteiger partial charge in [-0.2, -0.15) is 10.2 Å². The molecule has 0 bridgehead atoms. The van der Waals surface area contributed by atoms with Gasteiger partial charge in [-0.15, -0.1) is 0 Å². The van der Waals surface area contributed by atoms with E-state index in [4.69, 9.17) is 5.73 Å². The van der Waals surface area contributed by atoms with E-state index in [9.17, 15) is 4.79 Å². The number of urea groups is 1. The molecule has 0 aliphatic carbocycles. The summed E-state index contributed by atoms with van der Waals surface area (Å²) in [5, 5.41) is 17.0. The SMILES string of the molecule is CC.CC.CCCCC.CNC(=O)Nc1cnn(-c2cccc3[nH]nc(N)c23)c1.F. The first-order valence-corrected chi connectivity index (χ1v) is 10.4. The molecule has 2 amide bonds. The zero-order chi connectivity index (χ0) is 22.2. The number of nitrogens with one attached hydrogen (secondary N) is 3. The molecule has 0 saturated carbocycles. The molecule has 0 spiro atoms. The maximum atomic E-state index is 11.3. The molecule has 2 aromatic heterocycles. The van der Waals surface area contributed by atoms with Gasteiger partial charge in [0.05, 0.1) is 34.7 Å². The smallest absolute Gasteiger partial charge is 0.319 e. The predicted molar refractivity (Wildman–Crippen MR) is 126 cm³/mol. The van der Waals surface area contributed by atoms with Gasteiger partial charge in [0.15, 0.2) is 5.82 Å². The number of hydrogen-bond acceptors (Lipinski definition) is 4. The summed E-state index contributed by atoms with van der Waals surface area (Å²) in [5.74, 6) is 0.409. The molecular weight excluding hydrogens is 385 g/mol. The highest BCUT2D eigenvalue weighted by molar-refractivity contribution is 5.96. The van der Waals surface area contributed by atoms with Gasteiger partial charge in [0, 0.05) is 7.05 Å². The molecule has 0 atom stereocenters. The van der Waals surface area contributed by atoms with E-state index in [0.29, 0.717) is 11.5 Å². The number of nitrogens with zero attached hydrogens (tertiary/aromatic N) is 3. The third-order valence-electron chi connectivity index (χ3n) is 3.62. The van der Waals surface area contributed by atoms with Gasteiger partial charge in [0.25, 0.3) is 0 Å². The highest BCUT2D eigenvalue weighted by Crippen LogP contribution is 2.25. The van der Waals surface area contributed by atoms with Crippen molar-refractivity contribution in [3.8, 4) is 5.69 Å². The number of nitrogen functional groups attached to an aromatic ring is 1. The summed E-state index contributed by atoms with van der Waals surface area (Å²) in [4.78, 5) is 11.3. The summed E-state index contributed by atoms with van der Waals surface area (Å²) >= 11 is 0. The Kier molecular flexibility index (Phi) is 16.3. The topological polar surface area (TPSA) is 114 Å². The zero-order valence-electron chi connectivity index (χ0n) is 19.2. The second-order valence-corrected chi connectivity index (χ2v) is 5.54. The van der Waals surface area contributed by atoms with Crippen molar-refractivity contribution in [1.29, 1.82) is 0 Å². The first-order valence-electron chi connectivity index (χ1n) is 10.4. The fourth-order valence-corrected chi connectivity index (χ4v) is 2.34. The molecule has 0 aliphatic rings. The van der Waals surface area contributed by atoms with Crippen molar-refractivity contribution in [3.05, 3.63) is 30.6 Å². The van der Waals surface area contributed by atoms with E-state index in [2.05, 4.69) is 39.8 Å². The van der Waals surface area contributed by atoms with Crippen molar-refractivity contribution < 1.29 is 9.50 Å². The minimum absolute atomic E-state index is 0. The van der Waals surface area contributed by atoms with Crippen LogP contribution in [0.25, 0.3) is 16.6 Å². The van der Waals surface area contributed by atoms with Crippen LogP contribution in [0.5, 0.6) is 0 Å². The lowest BCUT2D eigenvalue weighted by molar-refractivity contribution is 0.254. The lowest BCUT2D eigenvalue weighted by Crippen LogP contribution is -2.24. The number of hydrogen-bond donors (Lipinski definition) is 4. The number of aromatic amines is 1. The van der Waals surface area contributed by atoms with Gasteiger partial charge in [-0.05, 0) is 12.1 Å². The van der Waals surface area contributed by atoms with E-state index in [0.717, 1.165) is 16.6 Å². The molecule has 0 aliphatic heterocycles. The van der Waals surface area contributed by atoms with Gasteiger partial charge in [0.2, 0.25) is 0 Å². The Labute approximate surface area is 179 Å². The second kappa shape index (κ2) is 16.8. The van der Waals surface area contributed by atoms with Crippen LogP contribution < -0.4 is 16.4 Å². The molecule has 0 radical (unpaired) electrons. The van der Waals surface area contributed by atoms with E-state index in [1.54, 1.807) is 24.1 Å². The quantitative estimate of drug-likeness (QED) is 0.444. The number of fused-ring (bicyclic) bond motifs is 1. The Morgan fingerprint density at radius 3 is 2.33 bits per heavy atom. The van der Waals surface area contributed by atoms with E-state index in [1.807, 2.05) is 45.9 Å². The van der Waals surface area contributed by atoms with Gasteiger partial charge in [0.1, 0.15) is 0 Å². The number of rotatable bonds is 4. The van der Waals surface area contributed by atoms with Crippen LogP contribution in [0.2, 0.25) is 0 Å². The summed E-state index contributed by atoms with van der Waals surface area (Å²) in [5.41, 5.74) is 8.07. The molecular formula is C21H38FN7O. The normalized spacial score (nSPS) is 8.90. The van der Waals surface area contributed by atoms with Crippen molar-refractivity contribution in [2.24, 2.45) is 0 Å². The summed E-state index contributed by atoms with van der Waals surface area (Å²) in [6, 6.07) is 5.34. The van der Waals surface area contributed by atoms with Crippen LogP contribution >= 0.6 is 0 Å². The number of benzene rings is 1. The van der Waals surface area contributed by atoms with E-state index in [1.165, 1.54) is 19.3 Å². The van der Waals surface area contributed by atoms with E-state index < -0.39 is 0 Å². The Hall–Kier alpha value is -3.10. The highest BCUT2D eigenvalue weighted by Gasteiger charge is 2.11. The largest absolute Gasteiger partial charge is 0.382 e. The molecule has 5 N–H and O–H groups in total. The monoisotopic (exact) mass is 423 g/mol. The number of halogens is 1. The maximum Gasteiger partial charge on any atom is 0.319 e. The maximum absolute atomic E-state index is 11.3. The van der Waals surface area contributed by atoms with Gasteiger partial charge in [-0.1, -0.05) is 66.9 Å². The fraction of sp³-hybridized carbons (Fsp3) is 0.476. The summed E-state index contributed by atoms with van der Waals surface area (Å²) in [7, 11) is 1.55. The van der Waals surface area contributed by atoms with Crippen molar-refractivity contribution in [2.75, 3.05) is 18.1 Å². The van der Waals surface area contributed by atoms with Crippen molar-refractivity contribution in [3.63, 3.8) is 0 Å². The molecule has 8 nitrogen and oxygen atoms in total. The summed E-state index contributed by atoms with van der Waals surface area (Å²) in [6.45, 7) is 12.4. The second-order valence-electron chi connectivity index (χ2n) is 5.54. The van der Waals surface area contributed by atoms with Crippen LogP contribution in [-0.4, -0.2) is 33.1 Å². The minimum atomic E-state index is -0.300. The van der Waals surface area contributed by atoms with Crippen LogP contribution in [0.15, 0.2) is 30.6 Å². The van der Waals surface area contributed by atoms with Crippen LogP contribution in [0.3, 0.4) is 0 Å². The van der Waals surface area contributed by atoms with Gasteiger partial charge in [-0.25, -0.2) is 9.48 Å². The number of H-pyrrole nitrogens is 1. The molecule has 2 heterocycles. The predicted octanol–water partition coefficient (Wildman–Crippen LogP) is 5.48.